The summed E-state index contributed by atoms with van der Waals surface area (Å²) in [5, 5.41) is 2.94. The number of hydrogen-bond acceptors (Lipinski definition) is 4. The van der Waals surface area contributed by atoms with Crippen molar-refractivity contribution in [2.45, 2.75) is 10.6 Å². The average Bonchev–Trinajstić information content (AvgIpc) is 2.60. The number of hydrogen-bond donors (Lipinski definition) is 2. The lowest BCUT2D eigenvalue weighted by Gasteiger charge is -2.03. The molecule has 0 amide bonds. The van der Waals surface area contributed by atoms with Crippen LogP contribution in [0.15, 0.2) is 16.3 Å². The van der Waals surface area contributed by atoms with E-state index in [1.165, 1.54) is 6.07 Å². The second-order valence-electron chi connectivity index (χ2n) is 2.91. The van der Waals surface area contributed by atoms with Crippen LogP contribution in [0.4, 0.5) is 0 Å². The highest BCUT2D eigenvalue weighted by molar-refractivity contribution is 7.91. The topological polar surface area (TPSA) is 58.2 Å². The lowest BCUT2D eigenvalue weighted by atomic mass is 10.4. The van der Waals surface area contributed by atoms with Crippen molar-refractivity contribution >= 4 is 33.0 Å². The molecule has 0 spiro atoms. The molecule has 1 aromatic rings. The van der Waals surface area contributed by atoms with Crippen molar-refractivity contribution in [3.63, 3.8) is 0 Å². The first-order valence-electron chi connectivity index (χ1n) is 4.46. The van der Waals surface area contributed by atoms with Gasteiger partial charge < -0.3 is 5.32 Å². The highest BCUT2D eigenvalue weighted by Crippen LogP contribution is 2.25. The van der Waals surface area contributed by atoms with Crippen LogP contribution >= 0.6 is 22.9 Å². The van der Waals surface area contributed by atoms with Crippen LogP contribution in [0.1, 0.15) is 6.42 Å². The molecule has 0 radical (unpaired) electrons. The second kappa shape index (κ2) is 5.81. The molecule has 0 aliphatic carbocycles. The van der Waals surface area contributed by atoms with Crippen LogP contribution in [0, 0.1) is 0 Å². The fourth-order valence-electron chi connectivity index (χ4n) is 0.985. The van der Waals surface area contributed by atoms with Gasteiger partial charge in [-0.05, 0) is 32.1 Å². The minimum atomic E-state index is -3.36. The van der Waals surface area contributed by atoms with Crippen molar-refractivity contribution in [1.82, 2.24) is 10.0 Å². The van der Waals surface area contributed by atoms with Gasteiger partial charge in [0.15, 0.2) is 0 Å². The van der Waals surface area contributed by atoms with Gasteiger partial charge in [-0.2, -0.15) is 0 Å². The van der Waals surface area contributed by atoms with E-state index in [0.29, 0.717) is 10.9 Å². The van der Waals surface area contributed by atoms with E-state index in [0.717, 1.165) is 24.3 Å². The van der Waals surface area contributed by atoms with Gasteiger partial charge in [-0.1, -0.05) is 11.6 Å². The molecule has 15 heavy (non-hydrogen) atoms. The number of thiophene rings is 1. The maximum absolute atomic E-state index is 11.6. The molecule has 7 heteroatoms. The summed E-state index contributed by atoms with van der Waals surface area (Å²) in [5.41, 5.74) is 0. The van der Waals surface area contributed by atoms with Gasteiger partial charge in [-0.3, -0.25) is 0 Å². The van der Waals surface area contributed by atoms with E-state index >= 15 is 0 Å². The van der Waals surface area contributed by atoms with Crippen molar-refractivity contribution in [3.05, 3.63) is 16.5 Å². The molecule has 1 aromatic heterocycles. The molecular formula is C8H13ClN2O2S2. The minimum absolute atomic E-state index is 0.261. The zero-order valence-electron chi connectivity index (χ0n) is 8.29. The lowest BCUT2D eigenvalue weighted by molar-refractivity contribution is 0.579. The van der Waals surface area contributed by atoms with E-state index in [2.05, 4.69) is 10.0 Å². The highest BCUT2D eigenvalue weighted by Gasteiger charge is 2.15. The quantitative estimate of drug-likeness (QED) is 0.765. The predicted octanol–water partition coefficient (Wildman–Crippen LogP) is 1.29. The number of rotatable bonds is 6. The van der Waals surface area contributed by atoms with Crippen LogP contribution < -0.4 is 10.0 Å². The van der Waals surface area contributed by atoms with Crippen molar-refractivity contribution in [2.24, 2.45) is 0 Å². The maximum Gasteiger partial charge on any atom is 0.250 e. The van der Waals surface area contributed by atoms with E-state index in [-0.39, 0.29) is 4.21 Å². The van der Waals surface area contributed by atoms with Crippen molar-refractivity contribution in [3.8, 4) is 0 Å². The third kappa shape index (κ3) is 4.08. The molecule has 2 N–H and O–H groups in total. The maximum atomic E-state index is 11.6. The Morgan fingerprint density at radius 3 is 2.67 bits per heavy atom. The van der Waals surface area contributed by atoms with Gasteiger partial charge >= 0.3 is 0 Å². The van der Waals surface area contributed by atoms with E-state index in [9.17, 15) is 8.42 Å². The van der Waals surface area contributed by atoms with E-state index in [4.69, 9.17) is 11.6 Å². The lowest BCUT2D eigenvalue weighted by Crippen LogP contribution is -2.26. The Morgan fingerprint density at radius 1 is 1.40 bits per heavy atom. The van der Waals surface area contributed by atoms with Gasteiger partial charge in [0.25, 0.3) is 0 Å². The van der Waals surface area contributed by atoms with Gasteiger partial charge in [0.05, 0.1) is 4.34 Å². The third-order valence-electron chi connectivity index (χ3n) is 1.71. The van der Waals surface area contributed by atoms with Crippen molar-refractivity contribution < 1.29 is 8.42 Å². The molecule has 0 aliphatic heterocycles. The fourth-order valence-corrected chi connectivity index (χ4v) is 3.59. The number of nitrogens with one attached hydrogen (secondary N) is 2. The van der Waals surface area contributed by atoms with Crippen LogP contribution in [-0.2, 0) is 10.0 Å². The van der Waals surface area contributed by atoms with Crippen LogP contribution in [0.3, 0.4) is 0 Å². The smallest absolute Gasteiger partial charge is 0.250 e. The van der Waals surface area contributed by atoms with Gasteiger partial charge in [-0.25, -0.2) is 13.1 Å². The Morgan fingerprint density at radius 2 is 2.13 bits per heavy atom. The van der Waals surface area contributed by atoms with E-state index in [1.54, 1.807) is 6.07 Å². The molecule has 86 valence electrons. The summed E-state index contributed by atoms with van der Waals surface area (Å²) in [6, 6.07) is 3.09. The summed E-state index contributed by atoms with van der Waals surface area (Å²) in [5.74, 6) is 0. The molecule has 0 saturated heterocycles. The Kier molecular flexibility index (Phi) is 5.01. The van der Waals surface area contributed by atoms with Crippen LogP contribution in [0.5, 0.6) is 0 Å². The first-order chi connectivity index (χ1) is 7.06. The molecule has 0 unspecified atom stereocenters. The molecule has 0 saturated carbocycles. The van der Waals surface area contributed by atoms with Gasteiger partial charge in [0, 0.05) is 6.54 Å². The predicted molar refractivity (Wildman–Crippen MR) is 63.1 cm³/mol. The Bertz CT molecular complexity index is 403. The van der Waals surface area contributed by atoms with Crippen LogP contribution in [0.25, 0.3) is 0 Å². The second-order valence-corrected chi connectivity index (χ2v) is 6.62. The largest absolute Gasteiger partial charge is 0.320 e. The zero-order chi connectivity index (χ0) is 11.3. The van der Waals surface area contributed by atoms with E-state index in [1.807, 2.05) is 7.05 Å². The van der Waals surface area contributed by atoms with Gasteiger partial charge in [0.2, 0.25) is 10.0 Å². The molecule has 0 aliphatic rings. The Hall–Kier alpha value is -0.140. The summed E-state index contributed by atoms with van der Waals surface area (Å²) in [6.45, 7) is 1.21. The number of halogens is 1. The molecule has 4 nitrogen and oxygen atoms in total. The zero-order valence-corrected chi connectivity index (χ0v) is 10.7. The SMILES string of the molecule is CNCCCNS(=O)(=O)c1ccc(Cl)s1. The Labute approximate surface area is 98.7 Å². The first-order valence-corrected chi connectivity index (χ1v) is 7.13. The van der Waals surface area contributed by atoms with Crippen LogP contribution in [-0.4, -0.2) is 28.6 Å². The van der Waals surface area contributed by atoms with Gasteiger partial charge in [0.1, 0.15) is 4.21 Å². The molecular weight excluding hydrogens is 256 g/mol. The molecule has 1 heterocycles. The average molecular weight is 269 g/mol. The molecule has 0 bridgehead atoms. The molecule has 1 rings (SSSR count). The monoisotopic (exact) mass is 268 g/mol. The standard InChI is InChI=1S/C8H13ClN2O2S2/c1-10-5-2-6-11-15(12,13)8-4-3-7(9)14-8/h3-4,10-11H,2,5-6H2,1H3. The minimum Gasteiger partial charge on any atom is -0.320 e. The number of sulfonamides is 1. The molecule has 0 atom stereocenters. The summed E-state index contributed by atoms with van der Waals surface area (Å²) in [4.78, 5) is 0. The van der Waals surface area contributed by atoms with E-state index < -0.39 is 10.0 Å². The molecule has 0 aromatic carbocycles. The Balaban J connectivity index is 2.53. The first kappa shape index (κ1) is 12.9. The van der Waals surface area contributed by atoms with Crippen LogP contribution in [0.2, 0.25) is 4.34 Å². The highest BCUT2D eigenvalue weighted by atomic mass is 35.5. The normalized spacial score (nSPS) is 11.9. The summed E-state index contributed by atoms with van der Waals surface area (Å²) in [7, 11) is -1.54. The summed E-state index contributed by atoms with van der Waals surface area (Å²) >= 11 is 6.72. The fraction of sp³-hybridized carbons (Fsp3) is 0.500. The molecule has 0 fully saturated rings. The summed E-state index contributed by atoms with van der Waals surface area (Å²) < 4.78 is 26.5. The third-order valence-corrected chi connectivity index (χ3v) is 4.89. The summed E-state index contributed by atoms with van der Waals surface area (Å²) in [6.07, 6.45) is 0.759. The van der Waals surface area contributed by atoms with Gasteiger partial charge in [-0.15, -0.1) is 11.3 Å². The van der Waals surface area contributed by atoms with Crippen molar-refractivity contribution in [2.75, 3.05) is 20.1 Å². The van der Waals surface area contributed by atoms with Crippen molar-refractivity contribution in [1.29, 1.82) is 0 Å².